The molecule has 0 saturated carbocycles. The second kappa shape index (κ2) is 8.31. The van der Waals surface area contributed by atoms with Gasteiger partial charge in [0.15, 0.2) is 0 Å². The van der Waals surface area contributed by atoms with Gasteiger partial charge in [0.2, 0.25) is 6.29 Å². The quantitative estimate of drug-likeness (QED) is 0.599. The monoisotopic (exact) mass is 365 g/mol. The molecule has 0 aliphatic rings. The van der Waals surface area contributed by atoms with Crippen molar-refractivity contribution in [2.45, 2.75) is 6.29 Å². The lowest BCUT2D eigenvalue weighted by Gasteiger charge is -2.31. The van der Waals surface area contributed by atoms with Crippen LogP contribution in [0.2, 0.25) is 5.02 Å². The fourth-order valence-electron chi connectivity index (χ4n) is 2.35. The van der Waals surface area contributed by atoms with Crippen LogP contribution in [-0.4, -0.2) is 40.1 Å². The lowest BCUT2D eigenvalue weighted by molar-refractivity contribution is -0.108. The molecule has 2 N–H and O–H groups in total. The number of methoxy groups -OCH3 is 2. The van der Waals surface area contributed by atoms with Crippen molar-refractivity contribution in [1.29, 1.82) is 0 Å². The summed E-state index contributed by atoms with van der Waals surface area (Å²) in [4.78, 5) is 12.0. The Labute approximate surface area is 152 Å². The number of likely N-dealkylation sites (N-methyl/N-ethyl adjacent to an activating group) is 1. The smallest absolute Gasteiger partial charge is 0.419 e. The maximum atomic E-state index is 12.0. The number of nitrogens with two attached hydrogens (primary N) is 1. The highest BCUT2D eigenvalue weighted by Gasteiger charge is 2.35. The van der Waals surface area contributed by atoms with Gasteiger partial charge in [-0.2, -0.15) is 0 Å². The molecule has 0 aromatic heterocycles. The van der Waals surface area contributed by atoms with Gasteiger partial charge in [-0.25, -0.2) is 9.28 Å². The van der Waals surface area contributed by atoms with Gasteiger partial charge < -0.3 is 19.9 Å². The number of primary amides is 1. The first-order chi connectivity index (χ1) is 11.9. The van der Waals surface area contributed by atoms with Crippen molar-refractivity contribution in [3.05, 3.63) is 53.6 Å². The highest BCUT2D eigenvalue weighted by atomic mass is 35.5. The van der Waals surface area contributed by atoms with Crippen LogP contribution in [0.5, 0.6) is 11.5 Å². The maximum absolute atomic E-state index is 12.0. The van der Waals surface area contributed by atoms with Gasteiger partial charge in [0, 0.05) is 31.4 Å². The van der Waals surface area contributed by atoms with Crippen molar-refractivity contribution in [2.24, 2.45) is 5.73 Å². The van der Waals surface area contributed by atoms with E-state index in [2.05, 4.69) is 0 Å². The molecule has 2 aromatic rings. The number of hydrogen-bond acceptors (Lipinski definition) is 4. The highest BCUT2D eigenvalue weighted by molar-refractivity contribution is 6.30. The largest absolute Gasteiger partial charge is 0.457 e. The maximum Gasteiger partial charge on any atom is 0.419 e. The number of halogens is 1. The Morgan fingerprint density at radius 3 is 1.96 bits per heavy atom. The Morgan fingerprint density at radius 1 is 1.04 bits per heavy atom. The van der Waals surface area contributed by atoms with E-state index in [1.807, 2.05) is 0 Å². The van der Waals surface area contributed by atoms with Gasteiger partial charge in [-0.3, -0.25) is 0 Å². The number of amides is 2. The van der Waals surface area contributed by atoms with E-state index >= 15 is 0 Å². The first-order valence-electron chi connectivity index (χ1n) is 7.64. The molecule has 2 amide bonds. The zero-order chi connectivity index (χ0) is 18.4. The average Bonchev–Trinajstić information content (AvgIpc) is 2.62. The van der Waals surface area contributed by atoms with Crippen LogP contribution in [0.4, 0.5) is 10.5 Å². The van der Waals surface area contributed by atoms with Gasteiger partial charge in [-0.15, -0.1) is 0 Å². The molecule has 2 aromatic carbocycles. The number of quaternary nitrogens is 1. The zero-order valence-corrected chi connectivity index (χ0v) is 15.2. The summed E-state index contributed by atoms with van der Waals surface area (Å²) in [6.07, 6.45) is -0.553. The Bertz CT molecular complexity index is 702. The molecule has 0 fully saturated rings. The summed E-state index contributed by atoms with van der Waals surface area (Å²) in [5.41, 5.74) is 6.32. The normalized spacial score (nSPS) is 13.5. The van der Waals surface area contributed by atoms with Crippen molar-refractivity contribution in [1.82, 2.24) is 4.48 Å². The first kappa shape index (κ1) is 19.2. The molecule has 7 heteroatoms. The van der Waals surface area contributed by atoms with E-state index in [4.69, 9.17) is 31.5 Å². The Morgan fingerprint density at radius 2 is 1.52 bits per heavy atom. The molecular weight excluding hydrogens is 344 g/mol. The molecule has 0 spiro atoms. The Balaban J connectivity index is 2.20. The summed E-state index contributed by atoms with van der Waals surface area (Å²) in [7, 11) is 4.74. The van der Waals surface area contributed by atoms with E-state index in [-0.39, 0.29) is 11.0 Å². The minimum atomic E-state index is -0.553. The van der Waals surface area contributed by atoms with Gasteiger partial charge in [-0.05, 0) is 36.4 Å². The summed E-state index contributed by atoms with van der Waals surface area (Å²) in [6.45, 7) is 0.250. The van der Waals surface area contributed by atoms with Gasteiger partial charge in [-0.1, -0.05) is 11.6 Å². The molecule has 0 radical (unpaired) electrons. The minimum absolute atomic E-state index is 0.159. The molecular formula is C18H22ClN2O4+. The van der Waals surface area contributed by atoms with Gasteiger partial charge >= 0.3 is 6.03 Å². The Kier molecular flexibility index (Phi) is 6.39. The van der Waals surface area contributed by atoms with E-state index < -0.39 is 12.3 Å². The van der Waals surface area contributed by atoms with Crippen molar-refractivity contribution >= 4 is 23.3 Å². The van der Waals surface area contributed by atoms with Crippen LogP contribution < -0.4 is 15.0 Å². The van der Waals surface area contributed by atoms with Crippen LogP contribution in [0.3, 0.4) is 0 Å². The number of carbonyl (C=O) groups is 1. The Hall–Kier alpha value is -2.12. The number of carbonyl (C=O) groups excluding carboxylic acids is 1. The van der Waals surface area contributed by atoms with Crippen molar-refractivity contribution in [2.75, 3.05) is 27.8 Å². The molecule has 0 bridgehead atoms. The number of nitrogens with zero attached hydrogens (tertiary/aromatic N) is 1. The molecule has 0 aliphatic carbocycles. The second-order valence-electron chi connectivity index (χ2n) is 5.66. The summed E-state index contributed by atoms with van der Waals surface area (Å²) >= 11 is 5.86. The average molecular weight is 366 g/mol. The van der Waals surface area contributed by atoms with Crippen molar-refractivity contribution in [3.63, 3.8) is 0 Å². The van der Waals surface area contributed by atoms with Gasteiger partial charge in [0.25, 0.3) is 0 Å². The molecule has 25 heavy (non-hydrogen) atoms. The van der Waals surface area contributed by atoms with E-state index in [0.717, 1.165) is 0 Å². The predicted octanol–water partition coefficient (Wildman–Crippen LogP) is 3.77. The number of ether oxygens (including phenoxy) is 3. The van der Waals surface area contributed by atoms with Gasteiger partial charge in [0.05, 0.1) is 7.05 Å². The summed E-state index contributed by atoms with van der Waals surface area (Å²) < 4.78 is 16.0. The lowest BCUT2D eigenvalue weighted by atomic mass is 10.2. The predicted molar refractivity (Wildman–Crippen MR) is 97.9 cm³/mol. The summed E-state index contributed by atoms with van der Waals surface area (Å²) in [5, 5.41) is 0.642. The molecule has 1 unspecified atom stereocenters. The second-order valence-corrected chi connectivity index (χ2v) is 6.10. The number of urea groups is 1. The third-order valence-electron chi connectivity index (χ3n) is 3.98. The van der Waals surface area contributed by atoms with E-state index in [0.29, 0.717) is 22.2 Å². The summed E-state index contributed by atoms with van der Waals surface area (Å²) in [6, 6.07) is 13.7. The van der Waals surface area contributed by atoms with E-state index in [1.165, 1.54) is 14.2 Å². The minimum Gasteiger partial charge on any atom is -0.457 e. The van der Waals surface area contributed by atoms with Crippen molar-refractivity contribution < 1.29 is 19.0 Å². The fourth-order valence-corrected chi connectivity index (χ4v) is 2.47. The van der Waals surface area contributed by atoms with E-state index in [9.17, 15) is 4.79 Å². The SMILES string of the molecule is COC(C[N+](C)(C(N)=O)c1ccc(Oc2ccc(Cl)cc2)cc1)OC. The summed E-state index contributed by atoms with van der Waals surface area (Å²) in [5.74, 6) is 1.31. The van der Waals surface area contributed by atoms with E-state index in [1.54, 1.807) is 55.6 Å². The lowest BCUT2D eigenvalue weighted by Crippen LogP contribution is -2.57. The van der Waals surface area contributed by atoms with Crippen LogP contribution in [0.1, 0.15) is 0 Å². The molecule has 6 nitrogen and oxygen atoms in total. The molecule has 2 rings (SSSR count). The number of hydrogen-bond donors (Lipinski definition) is 1. The van der Waals surface area contributed by atoms with Gasteiger partial charge in [0.1, 0.15) is 23.7 Å². The van der Waals surface area contributed by atoms with Crippen LogP contribution in [0.25, 0.3) is 0 Å². The fraction of sp³-hybridized carbons (Fsp3) is 0.278. The van der Waals surface area contributed by atoms with Crippen LogP contribution in [-0.2, 0) is 9.47 Å². The number of rotatable bonds is 7. The van der Waals surface area contributed by atoms with Crippen LogP contribution in [0.15, 0.2) is 48.5 Å². The molecule has 134 valence electrons. The first-order valence-corrected chi connectivity index (χ1v) is 8.02. The molecule has 1 atom stereocenters. The standard InChI is InChI=1S/C18H21ClN2O4/c1-21(18(20)22,12-17(23-2)24-3)14-6-10-16(11-7-14)25-15-8-4-13(19)5-9-15/h4-11,17H,12H2,1-3H3,(H-,20,22)/p+1. The topological polar surface area (TPSA) is 70.8 Å². The van der Waals surface area contributed by atoms with Crippen LogP contribution in [0, 0.1) is 0 Å². The zero-order valence-electron chi connectivity index (χ0n) is 14.4. The molecule has 0 heterocycles. The third kappa shape index (κ3) is 4.70. The molecule has 0 aliphatic heterocycles. The van der Waals surface area contributed by atoms with Crippen LogP contribution >= 0.6 is 11.6 Å². The van der Waals surface area contributed by atoms with Crippen molar-refractivity contribution in [3.8, 4) is 11.5 Å². The molecule has 0 saturated heterocycles. The third-order valence-corrected chi connectivity index (χ3v) is 4.23. The number of benzene rings is 2. The highest BCUT2D eigenvalue weighted by Crippen LogP contribution is 2.28.